The van der Waals surface area contributed by atoms with Gasteiger partial charge in [0.25, 0.3) is 5.91 Å². The van der Waals surface area contributed by atoms with Crippen molar-refractivity contribution in [1.29, 1.82) is 0 Å². The van der Waals surface area contributed by atoms with Crippen molar-refractivity contribution in [1.82, 2.24) is 4.98 Å². The Morgan fingerprint density at radius 3 is 2.54 bits per heavy atom. The maximum absolute atomic E-state index is 13.7. The Kier molecular flexibility index (Phi) is 6.02. The molecule has 0 atom stereocenters. The molecule has 0 radical (unpaired) electrons. The van der Waals surface area contributed by atoms with Crippen LogP contribution in [0, 0.1) is 11.6 Å². The van der Waals surface area contributed by atoms with E-state index in [0.29, 0.717) is 6.61 Å². The van der Waals surface area contributed by atoms with Gasteiger partial charge in [0.15, 0.2) is 17.4 Å². The first-order valence-electron chi connectivity index (χ1n) is 6.98. The Hall–Kier alpha value is -2.74. The Bertz CT molecular complexity index is 702. The molecule has 2 aromatic rings. The zero-order valence-corrected chi connectivity index (χ0v) is 13.1. The topological polar surface area (TPSA) is 69.7 Å². The highest BCUT2D eigenvalue weighted by Crippen LogP contribution is 2.26. The predicted molar refractivity (Wildman–Crippen MR) is 82.5 cm³/mol. The molecule has 0 aliphatic heterocycles. The molecule has 2 rings (SSSR count). The molecule has 1 heterocycles. The smallest absolute Gasteiger partial charge is 0.261 e. The van der Waals surface area contributed by atoms with Crippen LogP contribution < -0.4 is 14.8 Å². The summed E-state index contributed by atoms with van der Waals surface area (Å²) in [6, 6.07) is 4.96. The van der Waals surface area contributed by atoms with E-state index in [1.54, 1.807) is 6.07 Å². The van der Waals surface area contributed by atoms with E-state index in [1.807, 2.05) is 0 Å². The lowest BCUT2D eigenvalue weighted by molar-refractivity contribution is 0.101. The van der Waals surface area contributed by atoms with Gasteiger partial charge in [0.05, 0.1) is 13.7 Å². The maximum atomic E-state index is 13.7. The number of rotatable bonds is 7. The summed E-state index contributed by atoms with van der Waals surface area (Å²) in [5.74, 6) is -2.87. The van der Waals surface area contributed by atoms with Crippen LogP contribution in [0.3, 0.4) is 0 Å². The molecule has 0 saturated carbocycles. The molecule has 1 aromatic heterocycles. The minimum atomic E-state index is -0.921. The van der Waals surface area contributed by atoms with Crippen molar-refractivity contribution in [3.05, 3.63) is 47.7 Å². The second kappa shape index (κ2) is 8.21. The van der Waals surface area contributed by atoms with Gasteiger partial charge in [-0.3, -0.25) is 4.79 Å². The zero-order valence-electron chi connectivity index (χ0n) is 13.1. The number of hydrogen-bond acceptors (Lipinski definition) is 5. The van der Waals surface area contributed by atoms with E-state index in [9.17, 15) is 13.6 Å². The number of halogens is 2. The van der Waals surface area contributed by atoms with E-state index >= 15 is 0 Å². The van der Waals surface area contributed by atoms with Gasteiger partial charge >= 0.3 is 0 Å². The summed E-state index contributed by atoms with van der Waals surface area (Å²) in [6.45, 7) is 0.534. The summed E-state index contributed by atoms with van der Waals surface area (Å²) in [7, 11) is 2.67. The number of nitrogens with one attached hydrogen (secondary N) is 1. The number of hydrogen-bond donors (Lipinski definition) is 1. The first-order valence-corrected chi connectivity index (χ1v) is 6.98. The number of amides is 1. The predicted octanol–water partition coefficient (Wildman–Crippen LogP) is 2.65. The number of pyridine rings is 1. The molecule has 1 N–H and O–H groups in total. The van der Waals surface area contributed by atoms with Crippen LogP contribution >= 0.6 is 0 Å². The van der Waals surface area contributed by atoms with Crippen molar-refractivity contribution in [2.24, 2.45) is 0 Å². The zero-order chi connectivity index (χ0) is 17.5. The van der Waals surface area contributed by atoms with Crippen LogP contribution in [0.1, 0.15) is 10.4 Å². The summed E-state index contributed by atoms with van der Waals surface area (Å²) in [6.07, 6.45) is 1.46. The van der Waals surface area contributed by atoms with Gasteiger partial charge in [0.2, 0.25) is 5.88 Å². The van der Waals surface area contributed by atoms with Crippen molar-refractivity contribution < 1.29 is 27.8 Å². The second-order valence-corrected chi connectivity index (χ2v) is 4.62. The van der Waals surface area contributed by atoms with Crippen molar-refractivity contribution in [3.8, 4) is 11.6 Å². The number of ether oxygens (including phenoxy) is 3. The summed E-state index contributed by atoms with van der Waals surface area (Å²) in [5.41, 5.74) is 0.0766. The molecule has 6 nitrogen and oxygen atoms in total. The fraction of sp³-hybridized carbons (Fsp3) is 0.250. The molecule has 1 aromatic carbocycles. The quantitative estimate of drug-likeness (QED) is 0.786. The van der Waals surface area contributed by atoms with Gasteiger partial charge < -0.3 is 19.5 Å². The summed E-state index contributed by atoms with van der Waals surface area (Å²) in [5, 5.41) is 2.40. The number of anilines is 1. The normalized spacial score (nSPS) is 10.3. The van der Waals surface area contributed by atoms with Crippen LogP contribution in [0.25, 0.3) is 0 Å². The lowest BCUT2D eigenvalue weighted by atomic mass is 10.2. The summed E-state index contributed by atoms with van der Waals surface area (Å²) >= 11 is 0. The van der Waals surface area contributed by atoms with E-state index in [1.165, 1.54) is 19.4 Å². The average Bonchev–Trinajstić information content (AvgIpc) is 2.55. The average molecular weight is 338 g/mol. The molecule has 0 bridgehead atoms. The van der Waals surface area contributed by atoms with Gasteiger partial charge in [-0.1, -0.05) is 0 Å². The maximum Gasteiger partial charge on any atom is 0.261 e. The van der Waals surface area contributed by atoms with Crippen molar-refractivity contribution in [2.75, 3.05) is 32.8 Å². The van der Waals surface area contributed by atoms with Crippen LogP contribution in [0.5, 0.6) is 11.6 Å². The largest absolute Gasteiger partial charge is 0.491 e. The van der Waals surface area contributed by atoms with Crippen LogP contribution in [-0.2, 0) is 4.74 Å². The molecule has 0 fully saturated rings. The van der Waals surface area contributed by atoms with Crippen LogP contribution in [0.2, 0.25) is 0 Å². The summed E-state index contributed by atoms with van der Waals surface area (Å²) < 4.78 is 42.2. The molecule has 8 heteroatoms. The summed E-state index contributed by atoms with van der Waals surface area (Å²) in [4.78, 5) is 16.3. The fourth-order valence-electron chi connectivity index (χ4n) is 1.93. The fourth-order valence-corrected chi connectivity index (χ4v) is 1.93. The Morgan fingerprint density at radius 2 is 1.92 bits per heavy atom. The first kappa shape index (κ1) is 17.6. The first-order chi connectivity index (χ1) is 11.6. The molecule has 0 aliphatic carbocycles. The molecule has 1 amide bonds. The highest BCUT2D eigenvalue weighted by atomic mass is 19.1. The molecule has 128 valence electrons. The molecule has 0 saturated heterocycles. The van der Waals surface area contributed by atoms with Crippen molar-refractivity contribution in [3.63, 3.8) is 0 Å². The minimum Gasteiger partial charge on any atom is -0.491 e. The van der Waals surface area contributed by atoms with Gasteiger partial charge in [0, 0.05) is 31.1 Å². The van der Waals surface area contributed by atoms with E-state index in [-0.39, 0.29) is 23.7 Å². The molecule has 0 unspecified atom stereocenters. The number of carbonyl (C=O) groups is 1. The van der Waals surface area contributed by atoms with Gasteiger partial charge in [0.1, 0.15) is 12.2 Å². The van der Waals surface area contributed by atoms with Crippen molar-refractivity contribution in [2.45, 2.75) is 0 Å². The lowest BCUT2D eigenvalue weighted by Crippen LogP contribution is -2.16. The Morgan fingerprint density at radius 1 is 1.21 bits per heavy atom. The van der Waals surface area contributed by atoms with Crippen molar-refractivity contribution >= 4 is 11.6 Å². The van der Waals surface area contributed by atoms with E-state index < -0.39 is 23.3 Å². The minimum absolute atomic E-state index is 0.0532. The monoisotopic (exact) mass is 338 g/mol. The number of methoxy groups -OCH3 is 2. The molecular weight excluding hydrogens is 322 g/mol. The third-order valence-electron chi connectivity index (χ3n) is 3.00. The molecule has 24 heavy (non-hydrogen) atoms. The van der Waals surface area contributed by atoms with Gasteiger partial charge in [-0.25, -0.2) is 13.8 Å². The Labute approximate surface area is 137 Å². The lowest BCUT2D eigenvalue weighted by Gasteiger charge is -2.11. The third-order valence-corrected chi connectivity index (χ3v) is 3.00. The number of benzene rings is 1. The Balaban J connectivity index is 2.18. The number of carbonyl (C=O) groups excluding carboxylic acids is 1. The van der Waals surface area contributed by atoms with Gasteiger partial charge in [-0.15, -0.1) is 0 Å². The SMILES string of the molecule is COCCOc1ncccc1C(=O)Nc1cc(F)c(OC)c(F)c1. The molecular formula is C16H16F2N2O4. The van der Waals surface area contributed by atoms with Crippen LogP contribution in [-0.4, -0.2) is 38.3 Å². The standard InChI is InChI=1S/C16H16F2N2O4/c1-22-6-7-24-16-11(4-3-5-19-16)15(21)20-10-8-12(17)14(23-2)13(18)9-10/h3-5,8-9H,6-7H2,1-2H3,(H,20,21). The van der Waals surface area contributed by atoms with Crippen LogP contribution in [0.4, 0.5) is 14.5 Å². The van der Waals surface area contributed by atoms with Crippen LogP contribution in [0.15, 0.2) is 30.5 Å². The van der Waals surface area contributed by atoms with Gasteiger partial charge in [-0.05, 0) is 12.1 Å². The van der Waals surface area contributed by atoms with E-state index in [2.05, 4.69) is 15.0 Å². The van der Waals surface area contributed by atoms with E-state index in [4.69, 9.17) is 9.47 Å². The number of aromatic nitrogens is 1. The highest BCUT2D eigenvalue weighted by Gasteiger charge is 2.17. The van der Waals surface area contributed by atoms with Gasteiger partial charge in [-0.2, -0.15) is 0 Å². The second-order valence-electron chi connectivity index (χ2n) is 4.62. The number of nitrogens with zero attached hydrogens (tertiary/aromatic N) is 1. The highest BCUT2D eigenvalue weighted by molar-refractivity contribution is 6.05. The molecule has 0 spiro atoms. The molecule has 0 aliphatic rings. The van der Waals surface area contributed by atoms with E-state index in [0.717, 1.165) is 19.2 Å². The third kappa shape index (κ3) is 4.17.